The highest BCUT2D eigenvalue weighted by Crippen LogP contribution is 2.24. The van der Waals surface area contributed by atoms with Gasteiger partial charge in [0.05, 0.1) is 12.7 Å². The van der Waals surface area contributed by atoms with Crippen molar-refractivity contribution in [3.8, 4) is 5.75 Å². The third-order valence-electron chi connectivity index (χ3n) is 3.27. The van der Waals surface area contributed by atoms with E-state index in [1.54, 1.807) is 30.2 Å². The monoisotopic (exact) mass is 250 g/mol. The summed E-state index contributed by atoms with van der Waals surface area (Å²) in [5.74, 6) is 0.498. The number of nitrogens with two attached hydrogens (primary N) is 1. The van der Waals surface area contributed by atoms with Gasteiger partial charge in [-0.15, -0.1) is 0 Å². The van der Waals surface area contributed by atoms with Gasteiger partial charge >= 0.3 is 0 Å². The standard InChI is InChI=1S/C14H22N2O2/c1-5-11(6-2)16(3)14(17)12-8-7-10(15)9-13(12)18-4/h7-9,11H,5-6,15H2,1-4H3. The molecule has 1 rings (SSSR count). The number of rotatable bonds is 5. The molecule has 0 saturated carbocycles. The molecule has 0 saturated heterocycles. The van der Waals surface area contributed by atoms with Crippen molar-refractivity contribution in [2.45, 2.75) is 32.7 Å². The number of hydrogen-bond acceptors (Lipinski definition) is 3. The number of nitrogen functional groups attached to an aromatic ring is 1. The second-order valence-corrected chi connectivity index (χ2v) is 4.35. The van der Waals surface area contributed by atoms with E-state index in [4.69, 9.17) is 10.5 Å². The molecule has 18 heavy (non-hydrogen) atoms. The van der Waals surface area contributed by atoms with Gasteiger partial charge in [0.1, 0.15) is 5.75 Å². The fourth-order valence-corrected chi connectivity index (χ4v) is 2.08. The number of ether oxygens (including phenoxy) is 1. The Bertz CT molecular complexity index is 414. The van der Waals surface area contributed by atoms with Gasteiger partial charge in [0.15, 0.2) is 0 Å². The topological polar surface area (TPSA) is 55.6 Å². The number of methoxy groups -OCH3 is 1. The van der Waals surface area contributed by atoms with E-state index in [0.717, 1.165) is 12.8 Å². The molecule has 0 fully saturated rings. The Hall–Kier alpha value is -1.71. The fourth-order valence-electron chi connectivity index (χ4n) is 2.08. The van der Waals surface area contributed by atoms with Crippen molar-refractivity contribution in [2.75, 3.05) is 19.9 Å². The summed E-state index contributed by atoms with van der Waals surface area (Å²) in [5, 5.41) is 0. The molecule has 1 amide bonds. The Balaban J connectivity index is 3.03. The molecular formula is C14H22N2O2. The van der Waals surface area contributed by atoms with E-state index < -0.39 is 0 Å². The summed E-state index contributed by atoms with van der Waals surface area (Å²) in [6.07, 6.45) is 1.88. The molecule has 0 aliphatic heterocycles. The van der Waals surface area contributed by atoms with Crippen LogP contribution in [0.5, 0.6) is 5.75 Å². The van der Waals surface area contributed by atoms with Gasteiger partial charge in [-0.05, 0) is 25.0 Å². The molecule has 0 spiro atoms. The van der Waals surface area contributed by atoms with Crippen molar-refractivity contribution in [3.05, 3.63) is 23.8 Å². The average molecular weight is 250 g/mol. The van der Waals surface area contributed by atoms with Gasteiger partial charge in [0.25, 0.3) is 5.91 Å². The molecule has 0 radical (unpaired) electrons. The Labute approximate surface area is 109 Å². The van der Waals surface area contributed by atoms with Crippen LogP contribution in [-0.2, 0) is 0 Å². The van der Waals surface area contributed by atoms with Gasteiger partial charge in [0.2, 0.25) is 0 Å². The first-order valence-electron chi connectivity index (χ1n) is 6.25. The smallest absolute Gasteiger partial charge is 0.257 e. The second-order valence-electron chi connectivity index (χ2n) is 4.35. The van der Waals surface area contributed by atoms with Crippen LogP contribution in [0, 0.1) is 0 Å². The molecule has 0 aliphatic rings. The molecular weight excluding hydrogens is 228 g/mol. The summed E-state index contributed by atoms with van der Waals surface area (Å²) in [6, 6.07) is 5.36. The predicted molar refractivity (Wildman–Crippen MR) is 73.9 cm³/mol. The lowest BCUT2D eigenvalue weighted by atomic mass is 10.1. The van der Waals surface area contributed by atoms with Crippen LogP contribution in [0.15, 0.2) is 18.2 Å². The number of anilines is 1. The fraction of sp³-hybridized carbons (Fsp3) is 0.500. The highest BCUT2D eigenvalue weighted by atomic mass is 16.5. The molecule has 0 aliphatic carbocycles. The van der Waals surface area contributed by atoms with Crippen molar-refractivity contribution in [2.24, 2.45) is 0 Å². The zero-order valence-electron chi connectivity index (χ0n) is 11.6. The lowest BCUT2D eigenvalue weighted by Crippen LogP contribution is -2.36. The molecule has 4 nitrogen and oxygen atoms in total. The highest BCUT2D eigenvalue weighted by Gasteiger charge is 2.21. The van der Waals surface area contributed by atoms with Crippen LogP contribution in [0.25, 0.3) is 0 Å². The van der Waals surface area contributed by atoms with Crippen molar-refractivity contribution in [1.82, 2.24) is 4.90 Å². The first kappa shape index (κ1) is 14.4. The second kappa shape index (κ2) is 6.28. The molecule has 0 heterocycles. The van der Waals surface area contributed by atoms with E-state index in [1.807, 2.05) is 7.05 Å². The maximum Gasteiger partial charge on any atom is 0.257 e. The summed E-state index contributed by atoms with van der Waals surface area (Å²) in [6.45, 7) is 4.16. The Morgan fingerprint density at radius 2 is 2.00 bits per heavy atom. The van der Waals surface area contributed by atoms with Crippen molar-refractivity contribution >= 4 is 11.6 Å². The molecule has 4 heteroatoms. The zero-order valence-corrected chi connectivity index (χ0v) is 11.6. The van der Waals surface area contributed by atoms with Gasteiger partial charge < -0.3 is 15.4 Å². The first-order chi connectivity index (χ1) is 8.54. The van der Waals surface area contributed by atoms with Gasteiger partial charge in [-0.1, -0.05) is 13.8 Å². The Kier molecular flexibility index (Phi) is 5.01. The SMILES string of the molecule is CCC(CC)N(C)C(=O)c1ccc(N)cc1OC. The van der Waals surface area contributed by atoms with Crippen LogP contribution in [0.2, 0.25) is 0 Å². The van der Waals surface area contributed by atoms with Crippen LogP contribution in [0.1, 0.15) is 37.0 Å². The Morgan fingerprint density at radius 1 is 1.39 bits per heavy atom. The van der Waals surface area contributed by atoms with Crippen molar-refractivity contribution in [3.63, 3.8) is 0 Å². The van der Waals surface area contributed by atoms with Crippen LogP contribution < -0.4 is 10.5 Å². The minimum absolute atomic E-state index is 0.0273. The summed E-state index contributed by atoms with van der Waals surface area (Å²) in [5.41, 5.74) is 6.83. The Morgan fingerprint density at radius 3 is 2.50 bits per heavy atom. The van der Waals surface area contributed by atoms with Crippen molar-refractivity contribution in [1.29, 1.82) is 0 Å². The van der Waals surface area contributed by atoms with E-state index in [0.29, 0.717) is 17.0 Å². The maximum atomic E-state index is 12.4. The summed E-state index contributed by atoms with van der Waals surface area (Å²) in [4.78, 5) is 14.2. The minimum Gasteiger partial charge on any atom is -0.496 e. The average Bonchev–Trinajstić information content (AvgIpc) is 2.39. The molecule has 0 unspecified atom stereocenters. The van der Waals surface area contributed by atoms with Crippen LogP contribution in [0.4, 0.5) is 5.69 Å². The summed E-state index contributed by atoms with van der Waals surface area (Å²) < 4.78 is 5.22. The largest absolute Gasteiger partial charge is 0.496 e. The van der Waals surface area contributed by atoms with Gasteiger partial charge in [-0.2, -0.15) is 0 Å². The van der Waals surface area contributed by atoms with E-state index in [9.17, 15) is 4.79 Å². The molecule has 2 N–H and O–H groups in total. The first-order valence-corrected chi connectivity index (χ1v) is 6.25. The molecule has 1 aromatic rings. The van der Waals surface area contributed by atoms with Crippen LogP contribution in [-0.4, -0.2) is 31.0 Å². The number of hydrogen-bond donors (Lipinski definition) is 1. The summed E-state index contributed by atoms with van der Waals surface area (Å²) >= 11 is 0. The third-order valence-corrected chi connectivity index (χ3v) is 3.27. The van der Waals surface area contributed by atoms with Gasteiger partial charge in [0, 0.05) is 24.8 Å². The molecule has 100 valence electrons. The third kappa shape index (κ3) is 2.94. The lowest BCUT2D eigenvalue weighted by molar-refractivity contribution is 0.0720. The maximum absolute atomic E-state index is 12.4. The quantitative estimate of drug-likeness (QED) is 0.817. The molecule has 0 atom stereocenters. The van der Waals surface area contributed by atoms with E-state index in [1.165, 1.54) is 0 Å². The number of nitrogens with zero attached hydrogens (tertiary/aromatic N) is 1. The van der Waals surface area contributed by atoms with E-state index in [2.05, 4.69) is 13.8 Å². The zero-order chi connectivity index (χ0) is 13.7. The number of carbonyl (C=O) groups is 1. The molecule has 0 bridgehead atoms. The number of benzene rings is 1. The lowest BCUT2D eigenvalue weighted by Gasteiger charge is -2.27. The van der Waals surface area contributed by atoms with Crippen LogP contribution >= 0.6 is 0 Å². The normalized spacial score (nSPS) is 10.5. The van der Waals surface area contributed by atoms with E-state index >= 15 is 0 Å². The minimum atomic E-state index is -0.0273. The van der Waals surface area contributed by atoms with Crippen LogP contribution in [0.3, 0.4) is 0 Å². The number of amides is 1. The molecule has 0 aromatic heterocycles. The molecule has 1 aromatic carbocycles. The summed E-state index contributed by atoms with van der Waals surface area (Å²) in [7, 11) is 3.37. The number of carbonyl (C=O) groups excluding carboxylic acids is 1. The predicted octanol–water partition coefficient (Wildman–Crippen LogP) is 2.54. The highest BCUT2D eigenvalue weighted by molar-refractivity contribution is 5.97. The van der Waals surface area contributed by atoms with Crippen molar-refractivity contribution < 1.29 is 9.53 Å². The van der Waals surface area contributed by atoms with Gasteiger partial charge in [-0.3, -0.25) is 4.79 Å². The van der Waals surface area contributed by atoms with Gasteiger partial charge in [-0.25, -0.2) is 0 Å². The van der Waals surface area contributed by atoms with E-state index in [-0.39, 0.29) is 11.9 Å².